The molecule has 0 aromatic heterocycles. The summed E-state index contributed by atoms with van der Waals surface area (Å²) in [7, 11) is 1.78. The van der Waals surface area contributed by atoms with Gasteiger partial charge in [-0.05, 0) is 12.1 Å². The number of allylic oxidation sites excluding steroid dienone is 1. The van der Waals surface area contributed by atoms with Gasteiger partial charge in [-0.1, -0.05) is 19.3 Å². The quantitative estimate of drug-likeness (QED) is 0.623. The number of carbonyl (C=O) groups excluding carboxylic acids is 1. The van der Waals surface area contributed by atoms with E-state index in [2.05, 4.69) is 12.0 Å². The van der Waals surface area contributed by atoms with Gasteiger partial charge in [0.1, 0.15) is 12.4 Å². The summed E-state index contributed by atoms with van der Waals surface area (Å²) in [5, 5.41) is 0. The normalized spacial score (nSPS) is 17.9. The molecule has 0 saturated carbocycles. The molecule has 3 nitrogen and oxygen atoms in total. The average molecular weight is 343 g/mol. The number of nitrogens with zero attached hydrogens (tertiary/aromatic N) is 1. The maximum absolute atomic E-state index is 11.9. The first kappa shape index (κ1) is 16.9. The minimum atomic E-state index is 0. The Hall–Kier alpha value is -1.11. The van der Waals surface area contributed by atoms with Gasteiger partial charge < -0.3 is 9.64 Å². The molecule has 2 rings (SSSR count). The number of hydrogen-bond donors (Lipinski definition) is 0. The van der Waals surface area contributed by atoms with Crippen LogP contribution in [0, 0.1) is 24.3 Å². The molecule has 0 N–H and O–H groups in total. The zero-order valence-electron chi connectivity index (χ0n) is 11.7. The number of benzene rings is 1. The van der Waals surface area contributed by atoms with Crippen molar-refractivity contribution in [2.75, 3.05) is 13.7 Å². The van der Waals surface area contributed by atoms with Crippen LogP contribution in [-0.4, -0.2) is 24.5 Å². The van der Waals surface area contributed by atoms with E-state index in [-0.39, 0.29) is 51.1 Å². The average Bonchev–Trinajstić information content (AvgIpc) is 2.44. The standard InChI is InChI=1S/C16H16NO2.Y/c1-4-11-19-14-8-6-13(7-9-14)15-10-5-12(2)16(18)17(15)3;/h1,6-9,12H,5,11H2,2-3H3;/q-1;. The van der Waals surface area contributed by atoms with Crippen molar-refractivity contribution >= 4 is 11.6 Å². The van der Waals surface area contributed by atoms with Gasteiger partial charge in [0.05, 0.1) is 0 Å². The van der Waals surface area contributed by atoms with E-state index in [0.29, 0.717) is 6.42 Å². The van der Waals surface area contributed by atoms with Crippen LogP contribution in [0.4, 0.5) is 0 Å². The van der Waals surface area contributed by atoms with Gasteiger partial charge in [-0.3, -0.25) is 4.79 Å². The summed E-state index contributed by atoms with van der Waals surface area (Å²) in [6.07, 6.45) is 9.07. The first-order chi connectivity index (χ1) is 9.13. The van der Waals surface area contributed by atoms with Crippen molar-refractivity contribution < 1.29 is 42.2 Å². The Morgan fingerprint density at radius 2 is 2.10 bits per heavy atom. The molecule has 20 heavy (non-hydrogen) atoms. The first-order valence-corrected chi connectivity index (χ1v) is 6.18. The van der Waals surface area contributed by atoms with Crippen molar-refractivity contribution in [2.45, 2.75) is 13.3 Å². The van der Waals surface area contributed by atoms with Crippen LogP contribution >= 0.6 is 0 Å². The van der Waals surface area contributed by atoms with E-state index in [1.807, 2.05) is 31.2 Å². The van der Waals surface area contributed by atoms with Gasteiger partial charge in [0.15, 0.2) is 0 Å². The third-order valence-corrected chi connectivity index (χ3v) is 3.11. The molecule has 1 atom stereocenters. The Labute approximate surface area is 145 Å². The first-order valence-electron chi connectivity index (χ1n) is 6.18. The van der Waals surface area contributed by atoms with E-state index in [0.717, 1.165) is 17.0 Å². The monoisotopic (exact) mass is 343 g/mol. The minimum Gasteiger partial charge on any atom is -0.481 e. The van der Waals surface area contributed by atoms with Crippen molar-refractivity contribution in [1.29, 1.82) is 0 Å². The summed E-state index contributed by atoms with van der Waals surface area (Å²) in [5.74, 6) is 3.27. The second-order valence-corrected chi connectivity index (χ2v) is 4.54. The van der Waals surface area contributed by atoms with Crippen molar-refractivity contribution in [3.63, 3.8) is 0 Å². The van der Waals surface area contributed by atoms with Gasteiger partial charge in [-0.2, -0.15) is 5.56 Å². The molecule has 1 heterocycles. The summed E-state index contributed by atoms with van der Waals surface area (Å²) in [4.78, 5) is 13.6. The fraction of sp³-hybridized carbons (Fsp3) is 0.312. The van der Waals surface area contributed by atoms with Gasteiger partial charge in [0, 0.05) is 45.7 Å². The molecular formula is C16H16NO2Y-. The topological polar surface area (TPSA) is 29.5 Å². The van der Waals surface area contributed by atoms with Crippen LogP contribution in [0.15, 0.2) is 24.3 Å². The minimum absolute atomic E-state index is 0. The van der Waals surface area contributed by atoms with E-state index < -0.39 is 0 Å². The maximum atomic E-state index is 11.9. The van der Waals surface area contributed by atoms with Gasteiger partial charge in [0.25, 0.3) is 0 Å². The molecule has 0 saturated heterocycles. The van der Waals surface area contributed by atoms with Crippen LogP contribution in [0.5, 0.6) is 5.75 Å². The number of amides is 1. The molecule has 1 aliphatic rings. The van der Waals surface area contributed by atoms with E-state index in [9.17, 15) is 4.79 Å². The van der Waals surface area contributed by atoms with Crippen LogP contribution in [0.3, 0.4) is 0 Å². The Morgan fingerprint density at radius 1 is 1.45 bits per heavy atom. The zero-order chi connectivity index (χ0) is 13.8. The number of carbonyl (C=O) groups is 1. The SMILES string of the molecule is C#CCOc1ccc(C2=[C-]CC(C)C(=O)N2C)cc1.[Y]. The molecule has 1 radical (unpaired) electrons. The fourth-order valence-corrected chi connectivity index (χ4v) is 2.03. The molecule has 1 aromatic rings. The van der Waals surface area contributed by atoms with Gasteiger partial charge in [-0.15, -0.1) is 24.3 Å². The Morgan fingerprint density at radius 3 is 2.70 bits per heavy atom. The van der Waals surface area contributed by atoms with Crippen molar-refractivity contribution in [3.8, 4) is 18.1 Å². The van der Waals surface area contributed by atoms with Crippen LogP contribution in [0.25, 0.3) is 5.70 Å². The number of ether oxygens (including phenoxy) is 1. The van der Waals surface area contributed by atoms with E-state index in [1.165, 1.54) is 0 Å². The van der Waals surface area contributed by atoms with E-state index in [1.54, 1.807) is 11.9 Å². The van der Waals surface area contributed by atoms with Crippen LogP contribution in [0.2, 0.25) is 0 Å². The molecule has 4 heteroatoms. The molecule has 0 bridgehead atoms. The zero-order valence-corrected chi connectivity index (χ0v) is 14.6. The molecule has 0 aliphatic carbocycles. The van der Waals surface area contributed by atoms with Gasteiger partial charge >= 0.3 is 0 Å². The van der Waals surface area contributed by atoms with Gasteiger partial charge in [-0.25, -0.2) is 6.08 Å². The Balaban J connectivity index is 0.00000200. The number of hydrogen-bond acceptors (Lipinski definition) is 2. The molecule has 101 valence electrons. The van der Waals surface area contributed by atoms with Crippen LogP contribution < -0.4 is 4.74 Å². The summed E-state index contributed by atoms with van der Waals surface area (Å²) in [6, 6.07) is 7.51. The largest absolute Gasteiger partial charge is 0.481 e. The van der Waals surface area contributed by atoms with Gasteiger partial charge in [0.2, 0.25) is 5.91 Å². The molecule has 0 fully saturated rings. The van der Waals surface area contributed by atoms with Crippen molar-refractivity contribution in [1.82, 2.24) is 4.90 Å². The summed E-state index contributed by atoms with van der Waals surface area (Å²) < 4.78 is 5.32. The second kappa shape index (κ2) is 7.62. The molecular weight excluding hydrogens is 327 g/mol. The smallest absolute Gasteiger partial charge is 0.225 e. The predicted molar refractivity (Wildman–Crippen MR) is 74.0 cm³/mol. The van der Waals surface area contributed by atoms with E-state index in [4.69, 9.17) is 11.2 Å². The van der Waals surface area contributed by atoms with Crippen LogP contribution in [0.1, 0.15) is 18.9 Å². The third-order valence-electron chi connectivity index (χ3n) is 3.11. The Bertz CT molecular complexity index is 543. The third kappa shape index (κ3) is 3.71. The summed E-state index contributed by atoms with van der Waals surface area (Å²) in [5.41, 5.74) is 1.78. The molecule has 1 aliphatic heterocycles. The molecule has 1 unspecified atom stereocenters. The predicted octanol–water partition coefficient (Wildman–Crippen LogP) is 2.34. The number of rotatable bonds is 3. The molecule has 0 spiro atoms. The summed E-state index contributed by atoms with van der Waals surface area (Å²) in [6.45, 7) is 2.17. The van der Waals surface area contributed by atoms with Crippen LogP contribution in [-0.2, 0) is 37.5 Å². The molecule has 1 amide bonds. The van der Waals surface area contributed by atoms with Crippen molar-refractivity contribution in [2.24, 2.45) is 5.92 Å². The van der Waals surface area contributed by atoms with Crippen molar-refractivity contribution in [3.05, 3.63) is 35.9 Å². The molecule has 1 aromatic carbocycles. The van der Waals surface area contributed by atoms with E-state index >= 15 is 0 Å². The fourth-order valence-electron chi connectivity index (χ4n) is 2.03. The number of terminal acetylenes is 1. The maximum Gasteiger partial charge on any atom is 0.225 e. The Kier molecular flexibility index (Phi) is 6.45. The summed E-state index contributed by atoms with van der Waals surface area (Å²) >= 11 is 0. The second-order valence-electron chi connectivity index (χ2n) is 4.54.